The lowest BCUT2D eigenvalue weighted by molar-refractivity contribution is 0.187. The molecule has 0 aliphatic rings. The standard InChI is InChI=1S/C13H19N5O2/c1-2-3-7-17(9-10-19)13(20)14-12-16-15-11-6-4-5-8-18(11)12/h4-6,8,19H,2-3,7,9-10H2,1H3,(H,14,16,20). The molecule has 20 heavy (non-hydrogen) atoms. The van der Waals surface area contributed by atoms with Crippen LogP contribution in [-0.2, 0) is 0 Å². The van der Waals surface area contributed by atoms with Gasteiger partial charge in [-0.05, 0) is 18.6 Å². The summed E-state index contributed by atoms with van der Waals surface area (Å²) in [6.07, 6.45) is 3.67. The third-order valence-electron chi connectivity index (χ3n) is 2.97. The Morgan fingerprint density at radius 3 is 3.00 bits per heavy atom. The van der Waals surface area contributed by atoms with Gasteiger partial charge in [0, 0.05) is 19.3 Å². The number of fused-ring (bicyclic) bond motifs is 1. The Labute approximate surface area is 117 Å². The Morgan fingerprint density at radius 1 is 1.40 bits per heavy atom. The number of carbonyl (C=O) groups is 1. The summed E-state index contributed by atoms with van der Waals surface area (Å²) < 4.78 is 1.70. The van der Waals surface area contributed by atoms with Crippen molar-refractivity contribution in [3.63, 3.8) is 0 Å². The van der Waals surface area contributed by atoms with Crippen LogP contribution >= 0.6 is 0 Å². The third-order valence-corrected chi connectivity index (χ3v) is 2.97. The fraction of sp³-hybridized carbons (Fsp3) is 0.462. The van der Waals surface area contributed by atoms with E-state index in [1.807, 2.05) is 18.2 Å². The predicted molar refractivity (Wildman–Crippen MR) is 75.6 cm³/mol. The van der Waals surface area contributed by atoms with Gasteiger partial charge in [0.2, 0.25) is 5.95 Å². The van der Waals surface area contributed by atoms with E-state index in [1.54, 1.807) is 15.5 Å². The molecule has 2 amide bonds. The Hall–Kier alpha value is -2.15. The number of nitrogens with zero attached hydrogens (tertiary/aromatic N) is 4. The first kappa shape index (κ1) is 14.3. The van der Waals surface area contributed by atoms with Gasteiger partial charge in [-0.3, -0.25) is 9.72 Å². The number of aliphatic hydroxyl groups excluding tert-OH is 1. The SMILES string of the molecule is CCCCN(CCO)C(=O)Nc1nnc2ccccn12. The molecule has 7 heteroatoms. The van der Waals surface area contributed by atoms with E-state index in [4.69, 9.17) is 5.11 Å². The molecule has 0 aromatic carbocycles. The van der Waals surface area contributed by atoms with Crippen molar-refractivity contribution in [1.29, 1.82) is 0 Å². The summed E-state index contributed by atoms with van der Waals surface area (Å²) in [5, 5.41) is 19.7. The van der Waals surface area contributed by atoms with Crippen LogP contribution in [0.3, 0.4) is 0 Å². The molecule has 108 valence electrons. The summed E-state index contributed by atoms with van der Waals surface area (Å²) in [5.41, 5.74) is 0.671. The summed E-state index contributed by atoms with van der Waals surface area (Å²) in [6, 6.07) is 5.24. The quantitative estimate of drug-likeness (QED) is 0.835. The zero-order chi connectivity index (χ0) is 14.4. The van der Waals surface area contributed by atoms with E-state index in [-0.39, 0.29) is 12.6 Å². The molecule has 2 heterocycles. The van der Waals surface area contributed by atoms with Gasteiger partial charge < -0.3 is 10.0 Å². The first-order valence-electron chi connectivity index (χ1n) is 6.72. The topological polar surface area (TPSA) is 82.8 Å². The van der Waals surface area contributed by atoms with Gasteiger partial charge in [0.15, 0.2) is 5.65 Å². The highest BCUT2D eigenvalue weighted by atomic mass is 16.3. The summed E-state index contributed by atoms with van der Waals surface area (Å²) in [7, 11) is 0. The molecule has 0 saturated carbocycles. The maximum atomic E-state index is 12.2. The molecule has 0 atom stereocenters. The van der Waals surface area contributed by atoms with Crippen LogP contribution in [0.25, 0.3) is 5.65 Å². The molecular weight excluding hydrogens is 258 g/mol. The van der Waals surface area contributed by atoms with Gasteiger partial charge >= 0.3 is 6.03 Å². The molecule has 0 bridgehead atoms. The molecular formula is C13H19N5O2. The van der Waals surface area contributed by atoms with Crippen molar-refractivity contribution in [2.75, 3.05) is 25.0 Å². The van der Waals surface area contributed by atoms with Crippen molar-refractivity contribution < 1.29 is 9.90 Å². The number of anilines is 1. The normalized spacial score (nSPS) is 10.7. The average Bonchev–Trinajstić information content (AvgIpc) is 2.87. The second-order valence-corrected chi connectivity index (χ2v) is 4.45. The lowest BCUT2D eigenvalue weighted by Gasteiger charge is -2.21. The highest BCUT2D eigenvalue weighted by Gasteiger charge is 2.15. The molecule has 0 unspecified atom stereocenters. The Bertz CT molecular complexity index is 569. The lowest BCUT2D eigenvalue weighted by Crippen LogP contribution is -2.38. The van der Waals surface area contributed by atoms with Crippen LogP contribution in [0.5, 0.6) is 0 Å². The molecule has 2 aromatic heterocycles. The highest BCUT2D eigenvalue weighted by molar-refractivity contribution is 5.87. The fourth-order valence-corrected chi connectivity index (χ4v) is 1.89. The van der Waals surface area contributed by atoms with E-state index in [0.29, 0.717) is 24.7 Å². The van der Waals surface area contributed by atoms with Crippen molar-refractivity contribution in [3.05, 3.63) is 24.4 Å². The van der Waals surface area contributed by atoms with Crippen LogP contribution in [0, 0.1) is 0 Å². The smallest absolute Gasteiger partial charge is 0.324 e. The van der Waals surface area contributed by atoms with Crippen LogP contribution < -0.4 is 5.32 Å². The largest absolute Gasteiger partial charge is 0.395 e. The first-order valence-corrected chi connectivity index (χ1v) is 6.72. The summed E-state index contributed by atoms with van der Waals surface area (Å²) in [4.78, 5) is 13.7. The van der Waals surface area contributed by atoms with Crippen molar-refractivity contribution in [2.45, 2.75) is 19.8 Å². The summed E-state index contributed by atoms with van der Waals surface area (Å²) >= 11 is 0. The van der Waals surface area contributed by atoms with Gasteiger partial charge in [0.25, 0.3) is 0 Å². The van der Waals surface area contributed by atoms with Crippen LogP contribution in [-0.4, -0.2) is 50.3 Å². The van der Waals surface area contributed by atoms with E-state index < -0.39 is 0 Å². The van der Waals surface area contributed by atoms with Crippen molar-refractivity contribution in [1.82, 2.24) is 19.5 Å². The Kier molecular flexibility index (Phi) is 4.89. The minimum absolute atomic E-state index is 0.0578. The van der Waals surface area contributed by atoms with Gasteiger partial charge in [-0.25, -0.2) is 4.79 Å². The third kappa shape index (κ3) is 3.24. The fourth-order valence-electron chi connectivity index (χ4n) is 1.89. The number of nitrogens with one attached hydrogen (secondary N) is 1. The van der Waals surface area contributed by atoms with Crippen LogP contribution in [0.2, 0.25) is 0 Å². The number of urea groups is 1. The maximum absolute atomic E-state index is 12.2. The number of hydrogen-bond acceptors (Lipinski definition) is 4. The monoisotopic (exact) mass is 277 g/mol. The zero-order valence-electron chi connectivity index (χ0n) is 11.5. The van der Waals surface area contributed by atoms with Gasteiger partial charge in [-0.15, -0.1) is 10.2 Å². The zero-order valence-corrected chi connectivity index (χ0v) is 11.5. The molecule has 0 saturated heterocycles. The number of unbranched alkanes of at least 4 members (excludes halogenated alkanes) is 1. The van der Waals surface area contributed by atoms with E-state index in [2.05, 4.69) is 22.4 Å². The second-order valence-electron chi connectivity index (χ2n) is 4.45. The number of amides is 2. The minimum Gasteiger partial charge on any atom is -0.395 e. The summed E-state index contributed by atoms with van der Waals surface area (Å²) in [5.74, 6) is 0.380. The molecule has 0 aliphatic carbocycles. The molecule has 2 aromatic rings. The lowest BCUT2D eigenvalue weighted by atomic mass is 10.3. The van der Waals surface area contributed by atoms with Crippen LogP contribution in [0.15, 0.2) is 24.4 Å². The number of pyridine rings is 1. The molecule has 0 fully saturated rings. The van der Waals surface area contributed by atoms with E-state index >= 15 is 0 Å². The number of rotatable bonds is 6. The van der Waals surface area contributed by atoms with E-state index in [1.165, 1.54) is 0 Å². The van der Waals surface area contributed by atoms with Gasteiger partial charge in [-0.2, -0.15) is 0 Å². The summed E-state index contributed by atoms with van der Waals surface area (Å²) in [6.45, 7) is 2.92. The Balaban J connectivity index is 2.08. The highest BCUT2D eigenvalue weighted by Crippen LogP contribution is 2.08. The second kappa shape index (κ2) is 6.85. The predicted octanol–water partition coefficient (Wildman–Crippen LogP) is 1.36. The Morgan fingerprint density at radius 2 is 2.25 bits per heavy atom. The van der Waals surface area contributed by atoms with Gasteiger partial charge in [0.05, 0.1) is 6.61 Å². The van der Waals surface area contributed by atoms with Crippen LogP contribution in [0.4, 0.5) is 10.7 Å². The molecule has 0 spiro atoms. The van der Waals surface area contributed by atoms with Gasteiger partial charge in [-0.1, -0.05) is 19.4 Å². The van der Waals surface area contributed by atoms with E-state index in [9.17, 15) is 4.79 Å². The van der Waals surface area contributed by atoms with Crippen LogP contribution in [0.1, 0.15) is 19.8 Å². The van der Waals surface area contributed by atoms with Crippen molar-refractivity contribution in [3.8, 4) is 0 Å². The average molecular weight is 277 g/mol. The van der Waals surface area contributed by atoms with E-state index in [0.717, 1.165) is 12.8 Å². The minimum atomic E-state index is -0.273. The maximum Gasteiger partial charge on any atom is 0.324 e. The first-order chi connectivity index (χ1) is 9.76. The number of carbonyl (C=O) groups excluding carboxylic acids is 1. The molecule has 0 aliphatic heterocycles. The van der Waals surface area contributed by atoms with Crippen molar-refractivity contribution in [2.24, 2.45) is 0 Å². The number of aromatic nitrogens is 3. The van der Waals surface area contributed by atoms with Gasteiger partial charge in [0.1, 0.15) is 0 Å². The number of aliphatic hydroxyl groups is 1. The molecule has 2 rings (SSSR count). The number of hydrogen-bond donors (Lipinski definition) is 2. The molecule has 7 nitrogen and oxygen atoms in total. The van der Waals surface area contributed by atoms with Crippen molar-refractivity contribution >= 4 is 17.6 Å². The molecule has 0 radical (unpaired) electrons. The molecule has 2 N–H and O–H groups in total.